The Bertz CT molecular complexity index is 3210. The van der Waals surface area contributed by atoms with Gasteiger partial charge in [-0.3, -0.25) is 0 Å². The highest BCUT2D eigenvalue weighted by molar-refractivity contribution is 6.18. The van der Waals surface area contributed by atoms with Crippen molar-refractivity contribution in [3.63, 3.8) is 0 Å². The molecule has 0 saturated carbocycles. The van der Waals surface area contributed by atoms with Crippen molar-refractivity contribution in [2.75, 3.05) is 4.90 Å². The highest BCUT2D eigenvalue weighted by Crippen LogP contribution is 2.46. The molecule has 11 aromatic rings. The summed E-state index contributed by atoms with van der Waals surface area (Å²) in [6, 6.07) is 74.0. The van der Waals surface area contributed by atoms with E-state index in [0.717, 1.165) is 61.3 Å². The molecular weight excluding hydrogens is 669 g/mol. The monoisotopic (exact) mass is 702 g/mol. The van der Waals surface area contributed by atoms with Gasteiger partial charge in [-0.25, -0.2) is 0 Å². The van der Waals surface area contributed by atoms with E-state index in [4.69, 9.17) is 4.42 Å². The van der Waals surface area contributed by atoms with Gasteiger partial charge < -0.3 is 13.9 Å². The van der Waals surface area contributed by atoms with Gasteiger partial charge in [0.15, 0.2) is 5.58 Å². The predicted octanol–water partition coefficient (Wildman–Crippen LogP) is 14.6. The van der Waals surface area contributed by atoms with Gasteiger partial charge in [-0.15, -0.1) is 0 Å². The molecule has 258 valence electrons. The van der Waals surface area contributed by atoms with Gasteiger partial charge in [0.1, 0.15) is 5.58 Å². The second-order valence-corrected chi connectivity index (χ2v) is 14.1. The Hall–Kier alpha value is -7.36. The molecular formula is C52H34N2O. The Balaban J connectivity index is 1.15. The van der Waals surface area contributed by atoms with E-state index in [1.165, 1.54) is 38.2 Å². The van der Waals surface area contributed by atoms with Crippen LogP contribution in [0.25, 0.3) is 82.5 Å². The fourth-order valence-electron chi connectivity index (χ4n) is 8.48. The average molecular weight is 703 g/mol. The van der Waals surface area contributed by atoms with Gasteiger partial charge in [-0.1, -0.05) is 152 Å². The smallest absolute Gasteiger partial charge is 0.159 e. The van der Waals surface area contributed by atoms with E-state index in [0.29, 0.717) is 0 Å². The Labute approximate surface area is 318 Å². The number of hydrogen-bond donors (Lipinski definition) is 0. The third-order valence-electron chi connectivity index (χ3n) is 11.0. The van der Waals surface area contributed by atoms with Crippen LogP contribution >= 0.6 is 0 Å². The molecule has 0 bridgehead atoms. The molecule has 3 heteroatoms. The molecule has 9 aromatic carbocycles. The van der Waals surface area contributed by atoms with Gasteiger partial charge in [0.2, 0.25) is 0 Å². The molecule has 3 nitrogen and oxygen atoms in total. The number of fused-ring (bicyclic) bond motifs is 7. The van der Waals surface area contributed by atoms with Crippen molar-refractivity contribution < 1.29 is 4.42 Å². The maximum absolute atomic E-state index is 6.61. The molecule has 2 aromatic heterocycles. The normalized spacial score (nSPS) is 11.6. The Morgan fingerprint density at radius 3 is 1.93 bits per heavy atom. The fraction of sp³-hybridized carbons (Fsp3) is 0. The lowest BCUT2D eigenvalue weighted by Crippen LogP contribution is -2.11. The van der Waals surface area contributed by atoms with E-state index in [1.54, 1.807) is 0 Å². The first kappa shape index (κ1) is 31.2. The van der Waals surface area contributed by atoms with Crippen molar-refractivity contribution >= 4 is 71.6 Å². The highest BCUT2D eigenvalue weighted by Gasteiger charge is 2.23. The van der Waals surface area contributed by atoms with Gasteiger partial charge in [0.05, 0.1) is 22.4 Å². The fourth-order valence-corrected chi connectivity index (χ4v) is 8.48. The predicted molar refractivity (Wildman–Crippen MR) is 231 cm³/mol. The van der Waals surface area contributed by atoms with E-state index in [2.05, 4.69) is 210 Å². The first-order valence-corrected chi connectivity index (χ1v) is 18.8. The first-order chi connectivity index (χ1) is 27.3. The number of nitrogens with zero attached hydrogens (tertiary/aromatic N) is 2. The van der Waals surface area contributed by atoms with Crippen LogP contribution in [0.2, 0.25) is 0 Å². The third-order valence-corrected chi connectivity index (χ3v) is 11.0. The van der Waals surface area contributed by atoms with Crippen LogP contribution in [-0.4, -0.2) is 4.57 Å². The second-order valence-electron chi connectivity index (χ2n) is 14.1. The molecule has 0 radical (unpaired) electrons. The zero-order chi connectivity index (χ0) is 36.3. The first-order valence-electron chi connectivity index (χ1n) is 18.8. The minimum absolute atomic E-state index is 0.888. The summed E-state index contributed by atoms with van der Waals surface area (Å²) in [4.78, 5) is 2.41. The Kier molecular flexibility index (Phi) is 7.17. The van der Waals surface area contributed by atoms with Crippen LogP contribution in [0.15, 0.2) is 211 Å². The zero-order valence-corrected chi connectivity index (χ0v) is 29.9. The summed E-state index contributed by atoms with van der Waals surface area (Å²) in [5.41, 5.74) is 13.1. The molecule has 0 amide bonds. The molecule has 0 aliphatic carbocycles. The summed E-state index contributed by atoms with van der Waals surface area (Å²) in [5.74, 6) is 0. The molecule has 0 aliphatic heterocycles. The minimum atomic E-state index is 0.888. The number of para-hydroxylation sites is 4. The Morgan fingerprint density at radius 2 is 1.04 bits per heavy atom. The van der Waals surface area contributed by atoms with Gasteiger partial charge in [0.25, 0.3) is 0 Å². The van der Waals surface area contributed by atoms with Gasteiger partial charge >= 0.3 is 0 Å². The minimum Gasteiger partial charge on any atom is -0.454 e. The lowest BCUT2D eigenvalue weighted by atomic mass is 9.96. The summed E-state index contributed by atoms with van der Waals surface area (Å²) in [5, 5.41) is 7.06. The molecule has 0 saturated heterocycles. The third kappa shape index (κ3) is 5.05. The molecule has 55 heavy (non-hydrogen) atoms. The number of benzene rings is 9. The summed E-state index contributed by atoms with van der Waals surface area (Å²) < 4.78 is 8.99. The van der Waals surface area contributed by atoms with Gasteiger partial charge in [-0.05, 0) is 82.1 Å². The molecule has 11 rings (SSSR count). The number of rotatable bonds is 6. The van der Waals surface area contributed by atoms with Crippen LogP contribution in [0.1, 0.15) is 0 Å². The van der Waals surface area contributed by atoms with Gasteiger partial charge in [-0.2, -0.15) is 0 Å². The van der Waals surface area contributed by atoms with Crippen molar-refractivity contribution in [2.24, 2.45) is 0 Å². The number of hydrogen-bond acceptors (Lipinski definition) is 2. The number of anilines is 3. The lowest BCUT2D eigenvalue weighted by molar-refractivity contribution is 0.666. The van der Waals surface area contributed by atoms with Crippen molar-refractivity contribution in [1.82, 2.24) is 4.57 Å². The molecule has 2 heterocycles. The van der Waals surface area contributed by atoms with Crippen LogP contribution < -0.4 is 4.90 Å². The van der Waals surface area contributed by atoms with Crippen LogP contribution in [0.5, 0.6) is 0 Å². The van der Waals surface area contributed by atoms with Gasteiger partial charge in [0, 0.05) is 38.5 Å². The molecule has 0 fully saturated rings. The van der Waals surface area contributed by atoms with Crippen LogP contribution in [-0.2, 0) is 0 Å². The van der Waals surface area contributed by atoms with Crippen LogP contribution in [0.4, 0.5) is 17.1 Å². The largest absolute Gasteiger partial charge is 0.454 e. The van der Waals surface area contributed by atoms with E-state index in [9.17, 15) is 0 Å². The number of aromatic nitrogens is 1. The molecule has 0 aliphatic rings. The maximum Gasteiger partial charge on any atom is 0.159 e. The van der Waals surface area contributed by atoms with Crippen molar-refractivity contribution in [3.05, 3.63) is 206 Å². The maximum atomic E-state index is 6.61. The van der Waals surface area contributed by atoms with Crippen molar-refractivity contribution in [3.8, 4) is 27.9 Å². The van der Waals surface area contributed by atoms with E-state index < -0.39 is 0 Å². The summed E-state index contributed by atoms with van der Waals surface area (Å²) in [6.45, 7) is 0. The highest BCUT2D eigenvalue weighted by atomic mass is 16.3. The summed E-state index contributed by atoms with van der Waals surface area (Å²) in [6.07, 6.45) is 0. The average Bonchev–Trinajstić information content (AvgIpc) is 3.81. The van der Waals surface area contributed by atoms with E-state index >= 15 is 0 Å². The summed E-state index contributed by atoms with van der Waals surface area (Å²) >= 11 is 0. The van der Waals surface area contributed by atoms with Crippen LogP contribution in [0, 0.1) is 0 Å². The SMILES string of the molecule is c1ccc(-c2ccc(N(c3ccc4ccccc4c3)c3ccccc3-c3cccc4c3c3ccccc3n4-c3cccc4c3oc3ccccc34)cc2)cc1. The standard InChI is InChI=1S/C52H34N2O/c1-2-14-35(15-3-1)37-28-31-39(32-29-37)53(40-33-30-36-16-4-5-17-38(36)34-40)46-23-9-6-18-41(46)43-21-12-25-48-51(43)45-20-7-10-24-47(45)54(48)49-26-13-22-44-42-19-8-11-27-50(42)55-52(44)49/h1-34H. The molecule has 0 spiro atoms. The number of furan rings is 1. The second kappa shape index (κ2) is 12.6. The molecule has 0 N–H and O–H groups in total. The quantitative estimate of drug-likeness (QED) is 0.172. The van der Waals surface area contributed by atoms with E-state index in [-0.39, 0.29) is 0 Å². The lowest BCUT2D eigenvalue weighted by Gasteiger charge is -2.28. The van der Waals surface area contributed by atoms with Crippen LogP contribution in [0.3, 0.4) is 0 Å². The summed E-state index contributed by atoms with van der Waals surface area (Å²) in [7, 11) is 0. The van der Waals surface area contributed by atoms with Crippen molar-refractivity contribution in [2.45, 2.75) is 0 Å². The topological polar surface area (TPSA) is 21.3 Å². The molecule has 0 unspecified atom stereocenters. The molecule has 0 atom stereocenters. The van der Waals surface area contributed by atoms with E-state index in [1.807, 2.05) is 6.07 Å². The van der Waals surface area contributed by atoms with Crippen molar-refractivity contribution in [1.29, 1.82) is 0 Å². The Morgan fingerprint density at radius 1 is 0.400 bits per heavy atom. The zero-order valence-electron chi connectivity index (χ0n) is 29.9.